The van der Waals surface area contributed by atoms with E-state index in [0.29, 0.717) is 56.5 Å². The molecular formula is C26H27N3O8. The number of ketones is 1. The molecular weight excluding hydrogens is 482 g/mol. The maximum atomic E-state index is 13.3. The first kappa shape index (κ1) is 24.7. The topological polar surface area (TPSA) is 132 Å². The first-order chi connectivity index (χ1) is 17.9. The summed E-state index contributed by atoms with van der Waals surface area (Å²) in [7, 11) is 0. The lowest BCUT2D eigenvalue weighted by Gasteiger charge is -2.29. The van der Waals surface area contributed by atoms with E-state index in [0.717, 1.165) is 13.1 Å². The molecule has 1 unspecified atom stereocenters. The number of morpholine rings is 1. The number of hydrogen-bond acceptors (Lipinski definition) is 9. The van der Waals surface area contributed by atoms with E-state index >= 15 is 0 Å². The van der Waals surface area contributed by atoms with Gasteiger partial charge >= 0.3 is 0 Å². The average molecular weight is 510 g/mol. The van der Waals surface area contributed by atoms with E-state index in [4.69, 9.17) is 14.2 Å². The number of aliphatic hydroxyl groups excluding tert-OH is 1. The quantitative estimate of drug-likeness (QED) is 0.197. The predicted octanol–water partition coefficient (Wildman–Crippen LogP) is 2.51. The number of likely N-dealkylation sites (tertiary alicyclic amines) is 1. The molecule has 0 aliphatic carbocycles. The molecule has 2 saturated heterocycles. The molecule has 2 aromatic rings. The van der Waals surface area contributed by atoms with Crippen molar-refractivity contribution in [3.05, 3.63) is 69.3 Å². The van der Waals surface area contributed by atoms with E-state index < -0.39 is 22.7 Å². The van der Waals surface area contributed by atoms with Crippen LogP contribution >= 0.6 is 0 Å². The van der Waals surface area contributed by atoms with Crippen LogP contribution in [0.1, 0.15) is 23.6 Å². The SMILES string of the molecule is O=C1C(=O)N(CCCN2CCOCC2)C(c2cccc([N+](=O)[O-])c2)C1=C(O)c1ccc2c(c1)OCCO2. The van der Waals surface area contributed by atoms with Crippen LogP contribution in [0, 0.1) is 10.1 Å². The Morgan fingerprint density at radius 3 is 2.51 bits per heavy atom. The Hall–Kier alpha value is -3.96. The Balaban J connectivity index is 1.51. The van der Waals surface area contributed by atoms with Crippen LogP contribution < -0.4 is 9.47 Å². The first-order valence-electron chi connectivity index (χ1n) is 12.2. The highest BCUT2D eigenvalue weighted by molar-refractivity contribution is 6.46. The van der Waals surface area contributed by atoms with Gasteiger partial charge in [0.05, 0.1) is 29.8 Å². The molecule has 0 bridgehead atoms. The van der Waals surface area contributed by atoms with Crippen molar-refractivity contribution >= 4 is 23.1 Å². The zero-order chi connectivity index (χ0) is 25.9. The fraction of sp³-hybridized carbons (Fsp3) is 0.385. The van der Waals surface area contributed by atoms with Gasteiger partial charge in [-0.15, -0.1) is 0 Å². The summed E-state index contributed by atoms with van der Waals surface area (Å²) in [6.07, 6.45) is 0.586. The van der Waals surface area contributed by atoms with Gasteiger partial charge in [0, 0.05) is 43.9 Å². The smallest absolute Gasteiger partial charge is 0.295 e. The van der Waals surface area contributed by atoms with Gasteiger partial charge in [0.2, 0.25) is 0 Å². The van der Waals surface area contributed by atoms with E-state index in [9.17, 15) is 24.8 Å². The van der Waals surface area contributed by atoms with E-state index in [1.54, 1.807) is 24.3 Å². The van der Waals surface area contributed by atoms with Crippen molar-refractivity contribution in [1.29, 1.82) is 0 Å². The lowest BCUT2D eigenvalue weighted by molar-refractivity contribution is -0.384. The molecule has 1 amide bonds. The molecule has 0 spiro atoms. The number of fused-ring (bicyclic) bond motifs is 1. The second kappa shape index (κ2) is 10.6. The van der Waals surface area contributed by atoms with Crippen LogP contribution in [0.25, 0.3) is 5.76 Å². The monoisotopic (exact) mass is 509 g/mol. The van der Waals surface area contributed by atoms with Crippen molar-refractivity contribution in [1.82, 2.24) is 9.80 Å². The highest BCUT2D eigenvalue weighted by Crippen LogP contribution is 2.41. The second-order valence-electron chi connectivity index (χ2n) is 9.01. The molecule has 2 aromatic carbocycles. The summed E-state index contributed by atoms with van der Waals surface area (Å²) >= 11 is 0. The van der Waals surface area contributed by atoms with Gasteiger partial charge < -0.3 is 24.2 Å². The predicted molar refractivity (Wildman–Crippen MR) is 131 cm³/mol. The minimum absolute atomic E-state index is 0.117. The Morgan fingerprint density at radius 1 is 1.00 bits per heavy atom. The lowest BCUT2D eigenvalue weighted by Crippen LogP contribution is -2.39. The van der Waals surface area contributed by atoms with E-state index in [-0.39, 0.29) is 29.1 Å². The number of hydrogen-bond donors (Lipinski definition) is 1. The number of carbonyl (C=O) groups is 2. The number of amides is 1. The molecule has 2 fully saturated rings. The summed E-state index contributed by atoms with van der Waals surface area (Å²) in [6.45, 7) is 4.57. The lowest BCUT2D eigenvalue weighted by atomic mass is 9.94. The highest BCUT2D eigenvalue weighted by atomic mass is 16.6. The van der Waals surface area contributed by atoms with Gasteiger partial charge in [0.25, 0.3) is 17.4 Å². The summed E-state index contributed by atoms with van der Waals surface area (Å²) in [5.41, 5.74) is 0.370. The van der Waals surface area contributed by atoms with E-state index in [2.05, 4.69) is 4.90 Å². The summed E-state index contributed by atoms with van der Waals surface area (Å²) in [4.78, 5) is 41.0. The largest absolute Gasteiger partial charge is 0.507 e. The van der Waals surface area contributed by atoms with Crippen molar-refractivity contribution in [3.8, 4) is 11.5 Å². The van der Waals surface area contributed by atoms with Crippen molar-refractivity contribution in [2.45, 2.75) is 12.5 Å². The fourth-order valence-corrected chi connectivity index (χ4v) is 4.90. The fourth-order valence-electron chi connectivity index (χ4n) is 4.90. The third-order valence-corrected chi connectivity index (χ3v) is 6.73. The Morgan fingerprint density at radius 2 is 1.76 bits per heavy atom. The van der Waals surface area contributed by atoms with Crippen LogP contribution in [0.3, 0.4) is 0 Å². The van der Waals surface area contributed by atoms with Crippen LogP contribution in [0.4, 0.5) is 5.69 Å². The third-order valence-electron chi connectivity index (χ3n) is 6.73. The number of nitro groups is 1. The third kappa shape index (κ3) is 5.00. The maximum absolute atomic E-state index is 13.3. The molecule has 5 rings (SSSR count). The van der Waals surface area contributed by atoms with Crippen LogP contribution in [-0.2, 0) is 14.3 Å². The van der Waals surface area contributed by atoms with Crippen LogP contribution in [-0.4, -0.2) is 84.1 Å². The van der Waals surface area contributed by atoms with Gasteiger partial charge in [-0.1, -0.05) is 12.1 Å². The molecule has 11 nitrogen and oxygen atoms in total. The first-order valence-corrected chi connectivity index (χ1v) is 12.2. The molecule has 1 N–H and O–H groups in total. The molecule has 0 radical (unpaired) electrons. The number of Topliss-reactive ketones (excluding diaryl/α,β-unsaturated/α-hetero) is 1. The zero-order valence-electron chi connectivity index (χ0n) is 20.1. The number of non-ortho nitro benzene ring substituents is 1. The zero-order valence-corrected chi connectivity index (χ0v) is 20.1. The summed E-state index contributed by atoms with van der Waals surface area (Å²) in [5.74, 6) is -1.03. The Bertz CT molecular complexity index is 1250. The van der Waals surface area contributed by atoms with Crippen LogP contribution in [0.15, 0.2) is 48.0 Å². The van der Waals surface area contributed by atoms with E-state index in [1.165, 1.54) is 23.1 Å². The summed E-state index contributed by atoms with van der Waals surface area (Å²) in [6, 6.07) is 9.60. The Labute approximate surface area is 213 Å². The number of nitro benzene ring substituents is 1. The summed E-state index contributed by atoms with van der Waals surface area (Å²) < 4.78 is 16.5. The number of nitrogens with zero attached hydrogens (tertiary/aromatic N) is 3. The van der Waals surface area contributed by atoms with Gasteiger partial charge in [-0.25, -0.2) is 0 Å². The molecule has 0 aromatic heterocycles. The normalized spacial score (nSPS) is 21.3. The minimum Gasteiger partial charge on any atom is -0.507 e. The Kier molecular flexibility index (Phi) is 7.06. The van der Waals surface area contributed by atoms with Crippen molar-refractivity contribution < 1.29 is 33.8 Å². The van der Waals surface area contributed by atoms with Gasteiger partial charge in [0.1, 0.15) is 19.0 Å². The molecule has 3 aliphatic rings. The average Bonchev–Trinajstić information content (AvgIpc) is 3.18. The molecule has 11 heteroatoms. The van der Waals surface area contributed by atoms with Gasteiger partial charge in [-0.3, -0.25) is 24.6 Å². The van der Waals surface area contributed by atoms with Gasteiger partial charge in [-0.2, -0.15) is 0 Å². The number of ether oxygens (including phenoxy) is 3. The number of rotatable bonds is 7. The number of aliphatic hydroxyl groups is 1. The molecule has 3 aliphatic heterocycles. The molecule has 194 valence electrons. The standard InChI is InChI=1S/C26H27N3O8/c30-24(18-5-6-20-21(16-18)37-14-13-36-20)22-23(17-3-1-4-19(15-17)29(33)34)28(26(32)25(22)31)8-2-7-27-9-11-35-12-10-27/h1,3-6,15-16,23,30H,2,7-14H2. The van der Waals surface area contributed by atoms with Crippen molar-refractivity contribution in [3.63, 3.8) is 0 Å². The van der Waals surface area contributed by atoms with Crippen molar-refractivity contribution in [2.24, 2.45) is 0 Å². The van der Waals surface area contributed by atoms with Crippen LogP contribution in [0.2, 0.25) is 0 Å². The highest BCUT2D eigenvalue weighted by Gasteiger charge is 2.46. The molecule has 37 heavy (non-hydrogen) atoms. The van der Waals surface area contributed by atoms with Gasteiger partial charge in [-0.05, 0) is 30.2 Å². The molecule has 0 saturated carbocycles. The van der Waals surface area contributed by atoms with Crippen LogP contribution in [0.5, 0.6) is 11.5 Å². The van der Waals surface area contributed by atoms with Crippen molar-refractivity contribution in [2.75, 3.05) is 52.6 Å². The van der Waals surface area contributed by atoms with E-state index in [1.807, 2.05) is 0 Å². The molecule has 1 atom stereocenters. The maximum Gasteiger partial charge on any atom is 0.295 e. The molecule has 3 heterocycles. The van der Waals surface area contributed by atoms with Gasteiger partial charge in [0.15, 0.2) is 11.5 Å². The number of carbonyl (C=O) groups excluding carboxylic acids is 2. The minimum atomic E-state index is -0.974. The second-order valence-corrected chi connectivity index (χ2v) is 9.01. The number of benzene rings is 2. The summed E-state index contributed by atoms with van der Waals surface area (Å²) in [5, 5.41) is 22.7.